The van der Waals surface area contributed by atoms with Gasteiger partial charge < -0.3 is 5.32 Å². The van der Waals surface area contributed by atoms with Crippen LogP contribution in [-0.4, -0.2) is 31.9 Å². The molecule has 0 atom stereocenters. The van der Waals surface area contributed by atoms with Crippen molar-refractivity contribution in [2.45, 2.75) is 12.8 Å². The van der Waals surface area contributed by atoms with Crippen LogP contribution in [0.15, 0.2) is 54.6 Å². The second kappa shape index (κ2) is 7.48. The zero-order valence-corrected chi connectivity index (χ0v) is 13.7. The molecule has 0 aliphatic heterocycles. The maximum absolute atomic E-state index is 12.1. The van der Waals surface area contributed by atoms with Gasteiger partial charge >= 0.3 is 0 Å². The Morgan fingerprint density at radius 3 is 2.56 bits per heavy atom. The lowest BCUT2D eigenvalue weighted by Gasteiger charge is -2.07. The standard InChI is InChI=1S/C18H17N5O2/c1-23-18(20-21-22-23)14-8-5-9-15(12-14)19-17(25)11-10-16(24)13-6-3-2-4-7-13/h2-9,12H,10-11H2,1H3,(H,19,25). The average molecular weight is 335 g/mol. The molecule has 2 aromatic carbocycles. The summed E-state index contributed by atoms with van der Waals surface area (Å²) >= 11 is 0. The average Bonchev–Trinajstić information content (AvgIpc) is 3.06. The number of carbonyl (C=O) groups is 2. The molecule has 7 heteroatoms. The second-order valence-corrected chi connectivity index (χ2v) is 5.54. The van der Waals surface area contributed by atoms with Gasteiger partial charge in [0.15, 0.2) is 11.6 Å². The minimum atomic E-state index is -0.211. The zero-order valence-electron chi connectivity index (χ0n) is 13.7. The first kappa shape index (κ1) is 16.5. The lowest BCUT2D eigenvalue weighted by molar-refractivity contribution is -0.116. The number of rotatable bonds is 6. The van der Waals surface area contributed by atoms with Gasteiger partial charge in [-0.25, -0.2) is 4.68 Å². The highest BCUT2D eigenvalue weighted by Gasteiger charge is 2.11. The van der Waals surface area contributed by atoms with Gasteiger partial charge in [0.25, 0.3) is 0 Å². The highest BCUT2D eigenvalue weighted by molar-refractivity contribution is 6.00. The fraction of sp³-hybridized carbons (Fsp3) is 0.167. The first-order chi connectivity index (χ1) is 12.1. The number of ketones is 1. The Kier molecular flexibility index (Phi) is 4.94. The van der Waals surface area contributed by atoms with Crippen LogP contribution in [0.3, 0.4) is 0 Å². The molecule has 0 bridgehead atoms. The minimum Gasteiger partial charge on any atom is -0.326 e. The highest BCUT2D eigenvalue weighted by atomic mass is 16.2. The van der Waals surface area contributed by atoms with Crippen molar-refractivity contribution < 1.29 is 9.59 Å². The van der Waals surface area contributed by atoms with Gasteiger partial charge in [-0.15, -0.1) is 5.10 Å². The van der Waals surface area contributed by atoms with Crippen molar-refractivity contribution in [2.24, 2.45) is 7.05 Å². The number of aromatic nitrogens is 4. The van der Waals surface area contributed by atoms with Gasteiger partial charge in [0.1, 0.15) is 0 Å². The van der Waals surface area contributed by atoms with Crippen molar-refractivity contribution in [3.8, 4) is 11.4 Å². The van der Waals surface area contributed by atoms with Crippen LogP contribution in [0.5, 0.6) is 0 Å². The Hall–Kier alpha value is -3.35. The number of benzene rings is 2. The van der Waals surface area contributed by atoms with Gasteiger partial charge in [0.05, 0.1) is 0 Å². The molecule has 3 aromatic rings. The van der Waals surface area contributed by atoms with E-state index in [4.69, 9.17) is 0 Å². The predicted octanol–water partition coefficient (Wildman–Crippen LogP) is 2.48. The molecule has 0 radical (unpaired) electrons. The molecule has 1 aromatic heterocycles. The molecule has 1 heterocycles. The molecule has 0 unspecified atom stereocenters. The number of aryl methyl sites for hydroxylation is 1. The van der Waals surface area contributed by atoms with Crippen LogP contribution in [0, 0.1) is 0 Å². The number of Topliss-reactive ketones (excluding diaryl/α,β-unsaturated/α-hetero) is 1. The van der Waals surface area contributed by atoms with Crippen LogP contribution >= 0.6 is 0 Å². The molecular weight excluding hydrogens is 318 g/mol. The summed E-state index contributed by atoms with van der Waals surface area (Å²) in [5.41, 5.74) is 2.05. The number of tetrazole rings is 1. The SMILES string of the molecule is Cn1nnnc1-c1cccc(NC(=O)CCC(=O)c2ccccc2)c1. The first-order valence-corrected chi connectivity index (χ1v) is 7.84. The summed E-state index contributed by atoms with van der Waals surface area (Å²) in [4.78, 5) is 24.1. The third-order valence-corrected chi connectivity index (χ3v) is 3.70. The summed E-state index contributed by atoms with van der Waals surface area (Å²) in [5, 5.41) is 14.1. The molecule has 1 amide bonds. The van der Waals surface area contributed by atoms with Crippen LogP contribution in [0.1, 0.15) is 23.2 Å². The van der Waals surface area contributed by atoms with E-state index in [1.54, 1.807) is 48.1 Å². The number of hydrogen-bond acceptors (Lipinski definition) is 5. The predicted molar refractivity (Wildman–Crippen MR) is 92.9 cm³/mol. The van der Waals surface area contributed by atoms with Gasteiger partial charge in [-0.05, 0) is 22.6 Å². The van der Waals surface area contributed by atoms with E-state index in [1.807, 2.05) is 18.2 Å². The summed E-state index contributed by atoms with van der Waals surface area (Å²) in [6.07, 6.45) is 0.298. The Morgan fingerprint density at radius 2 is 1.84 bits per heavy atom. The van der Waals surface area contributed by atoms with E-state index in [1.165, 1.54) is 0 Å². The summed E-state index contributed by atoms with van der Waals surface area (Å²) in [7, 11) is 1.75. The third-order valence-electron chi connectivity index (χ3n) is 3.70. The smallest absolute Gasteiger partial charge is 0.224 e. The van der Waals surface area contributed by atoms with E-state index in [9.17, 15) is 9.59 Å². The van der Waals surface area contributed by atoms with Crippen molar-refractivity contribution in [3.05, 3.63) is 60.2 Å². The first-order valence-electron chi connectivity index (χ1n) is 7.84. The van der Waals surface area contributed by atoms with Crippen molar-refractivity contribution in [1.82, 2.24) is 20.2 Å². The minimum absolute atomic E-state index is 0.0466. The number of amides is 1. The third kappa shape index (κ3) is 4.14. The van der Waals surface area contributed by atoms with Crippen molar-refractivity contribution in [2.75, 3.05) is 5.32 Å². The van der Waals surface area contributed by atoms with Crippen LogP contribution in [-0.2, 0) is 11.8 Å². The number of nitrogens with zero attached hydrogens (tertiary/aromatic N) is 4. The molecule has 7 nitrogen and oxygen atoms in total. The number of anilines is 1. The molecule has 0 aliphatic rings. The molecule has 0 saturated heterocycles. The van der Waals surface area contributed by atoms with Crippen molar-refractivity contribution in [3.63, 3.8) is 0 Å². The monoisotopic (exact) mass is 335 g/mol. The molecule has 0 aliphatic carbocycles. The summed E-state index contributed by atoms with van der Waals surface area (Å²) in [6, 6.07) is 16.2. The van der Waals surface area contributed by atoms with Crippen molar-refractivity contribution in [1.29, 1.82) is 0 Å². The van der Waals surface area contributed by atoms with Crippen molar-refractivity contribution >= 4 is 17.4 Å². The summed E-state index contributed by atoms with van der Waals surface area (Å²) in [6.45, 7) is 0. The number of hydrogen-bond donors (Lipinski definition) is 1. The topological polar surface area (TPSA) is 89.8 Å². The molecule has 0 saturated carbocycles. The quantitative estimate of drug-likeness (QED) is 0.699. The lowest BCUT2D eigenvalue weighted by atomic mass is 10.1. The molecule has 0 spiro atoms. The van der Waals surface area contributed by atoms with Gasteiger partial charge in [-0.3, -0.25) is 9.59 Å². The van der Waals surface area contributed by atoms with E-state index in [0.29, 0.717) is 17.1 Å². The lowest BCUT2D eigenvalue weighted by Crippen LogP contribution is -2.13. The van der Waals surface area contributed by atoms with Crippen LogP contribution in [0.4, 0.5) is 5.69 Å². The molecule has 0 fully saturated rings. The van der Waals surface area contributed by atoms with E-state index in [2.05, 4.69) is 20.8 Å². The van der Waals surface area contributed by atoms with Gasteiger partial charge in [0, 0.05) is 36.7 Å². The summed E-state index contributed by atoms with van der Waals surface area (Å²) < 4.78 is 1.56. The Morgan fingerprint density at radius 1 is 1.04 bits per heavy atom. The number of carbonyl (C=O) groups excluding carboxylic acids is 2. The molecule has 25 heavy (non-hydrogen) atoms. The molecule has 3 rings (SSSR count). The molecule has 126 valence electrons. The van der Waals surface area contributed by atoms with E-state index < -0.39 is 0 Å². The van der Waals surface area contributed by atoms with E-state index in [-0.39, 0.29) is 24.5 Å². The molecule has 1 N–H and O–H groups in total. The maximum atomic E-state index is 12.1. The van der Waals surface area contributed by atoms with Crippen LogP contribution < -0.4 is 5.32 Å². The fourth-order valence-electron chi connectivity index (χ4n) is 2.43. The Balaban J connectivity index is 1.60. The van der Waals surface area contributed by atoms with Crippen LogP contribution in [0.2, 0.25) is 0 Å². The van der Waals surface area contributed by atoms with Crippen LogP contribution in [0.25, 0.3) is 11.4 Å². The summed E-state index contributed by atoms with van der Waals surface area (Å²) in [5.74, 6) is 0.350. The Bertz CT molecular complexity index is 889. The van der Waals surface area contributed by atoms with Gasteiger partial charge in [-0.1, -0.05) is 42.5 Å². The maximum Gasteiger partial charge on any atom is 0.224 e. The number of nitrogens with one attached hydrogen (secondary N) is 1. The van der Waals surface area contributed by atoms with Gasteiger partial charge in [-0.2, -0.15) is 0 Å². The second-order valence-electron chi connectivity index (χ2n) is 5.54. The largest absolute Gasteiger partial charge is 0.326 e. The normalized spacial score (nSPS) is 10.4. The zero-order chi connectivity index (χ0) is 17.6. The van der Waals surface area contributed by atoms with E-state index >= 15 is 0 Å². The molecular formula is C18H17N5O2. The Labute approximate surface area is 144 Å². The van der Waals surface area contributed by atoms with E-state index in [0.717, 1.165) is 5.56 Å². The van der Waals surface area contributed by atoms with Gasteiger partial charge in [0.2, 0.25) is 5.91 Å². The fourth-order valence-corrected chi connectivity index (χ4v) is 2.43. The highest BCUT2D eigenvalue weighted by Crippen LogP contribution is 2.19.